The maximum Gasteiger partial charge on any atom is 0.337 e. The van der Waals surface area contributed by atoms with Gasteiger partial charge in [0.25, 0.3) is 11.6 Å². The molecule has 2 N–H and O–H groups in total. The second-order valence-corrected chi connectivity index (χ2v) is 5.11. The molecule has 0 saturated carbocycles. The highest BCUT2D eigenvalue weighted by Crippen LogP contribution is 2.25. The van der Waals surface area contributed by atoms with Crippen LogP contribution in [0.15, 0.2) is 42.5 Å². The first-order valence-electron chi connectivity index (χ1n) is 7.38. The largest absolute Gasteiger partial charge is 0.465 e. The van der Waals surface area contributed by atoms with Gasteiger partial charge in [-0.05, 0) is 29.8 Å². The quantitative estimate of drug-likeness (QED) is 0.473. The lowest BCUT2D eigenvalue weighted by Gasteiger charge is -2.08. The fourth-order valence-corrected chi connectivity index (χ4v) is 2.20. The molecule has 0 heterocycles. The predicted octanol–water partition coefficient (Wildman–Crippen LogP) is 2.35. The van der Waals surface area contributed by atoms with Crippen molar-refractivity contribution in [1.82, 2.24) is 5.32 Å². The minimum Gasteiger partial charge on any atom is -0.465 e. The lowest BCUT2D eigenvalue weighted by Crippen LogP contribution is -2.23. The number of hydrogen-bond donors (Lipinski definition) is 2. The highest BCUT2D eigenvalue weighted by atomic mass is 16.6. The van der Waals surface area contributed by atoms with Crippen LogP contribution in [0.5, 0.6) is 0 Å². The third kappa shape index (κ3) is 4.31. The molecule has 0 fully saturated rings. The van der Waals surface area contributed by atoms with E-state index in [2.05, 4.69) is 15.4 Å². The summed E-state index contributed by atoms with van der Waals surface area (Å²) >= 11 is 0. The van der Waals surface area contributed by atoms with E-state index in [-0.39, 0.29) is 17.8 Å². The minimum absolute atomic E-state index is 0.169. The van der Waals surface area contributed by atoms with Crippen molar-refractivity contribution in [3.05, 3.63) is 69.3 Å². The Morgan fingerprint density at radius 1 is 1.12 bits per heavy atom. The fourth-order valence-electron chi connectivity index (χ4n) is 2.20. The molecule has 1 amide bonds. The number of esters is 1. The highest BCUT2D eigenvalue weighted by molar-refractivity contribution is 5.95. The highest BCUT2D eigenvalue weighted by Gasteiger charge is 2.16. The van der Waals surface area contributed by atoms with Crippen molar-refractivity contribution >= 4 is 23.3 Å². The summed E-state index contributed by atoms with van der Waals surface area (Å²) in [6, 6.07) is 10.8. The van der Waals surface area contributed by atoms with E-state index in [1.807, 2.05) is 0 Å². The van der Waals surface area contributed by atoms with Crippen molar-refractivity contribution in [2.75, 3.05) is 19.5 Å². The van der Waals surface area contributed by atoms with Gasteiger partial charge in [-0.15, -0.1) is 0 Å². The molecule has 2 aromatic carbocycles. The topological polar surface area (TPSA) is 111 Å². The first-order valence-corrected chi connectivity index (χ1v) is 7.38. The molecular formula is C17H17N3O5. The van der Waals surface area contributed by atoms with E-state index >= 15 is 0 Å². The van der Waals surface area contributed by atoms with E-state index in [1.54, 1.807) is 31.3 Å². The van der Waals surface area contributed by atoms with Gasteiger partial charge < -0.3 is 15.4 Å². The Hall–Kier alpha value is -3.42. The third-order valence-corrected chi connectivity index (χ3v) is 3.55. The van der Waals surface area contributed by atoms with Crippen LogP contribution in [-0.2, 0) is 11.3 Å². The van der Waals surface area contributed by atoms with Crippen LogP contribution < -0.4 is 10.6 Å². The summed E-state index contributed by atoms with van der Waals surface area (Å²) in [7, 11) is 2.87. The molecule has 0 unspecified atom stereocenters. The number of amides is 1. The Morgan fingerprint density at radius 2 is 1.76 bits per heavy atom. The number of carbonyl (C=O) groups excluding carboxylic acids is 2. The number of carbonyl (C=O) groups is 2. The predicted molar refractivity (Wildman–Crippen MR) is 91.6 cm³/mol. The molecule has 0 saturated heterocycles. The molecule has 25 heavy (non-hydrogen) atoms. The molecule has 8 heteroatoms. The van der Waals surface area contributed by atoms with Gasteiger partial charge in [0.05, 0.1) is 17.6 Å². The van der Waals surface area contributed by atoms with Crippen LogP contribution in [0, 0.1) is 10.1 Å². The van der Waals surface area contributed by atoms with Crippen LogP contribution in [0.4, 0.5) is 11.4 Å². The normalized spacial score (nSPS) is 10.0. The van der Waals surface area contributed by atoms with Crippen LogP contribution in [0.25, 0.3) is 0 Å². The maximum atomic E-state index is 12.2. The molecule has 0 aliphatic carbocycles. The van der Waals surface area contributed by atoms with Crippen LogP contribution in [0.3, 0.4) is 0 Å². The summed E-state index contributed by atoms with van der Waals surface area (Å²) < 4.78 is 4.61. The summed E-state index contributed by atoms with van der Waals surface area (Å²) in [6.45, 7) is 0.224. The Morgan fingerprint density at radius 3 is 2.32 bits per heavy atom. The van der Waals surface area contributed by atoms with Gasteiger partial charge in [-0.25, -0.2) is 4.79 Å². The molecule has 0 aliphatic rings. The number of nitrogens with one attached hydrogen (secondary N) is 2. The van der Waals surface area contributed by atoms with Crippen molar-refractivity contribution in [2.24, 2.45) is 0 Å². The van der Waals surface area contributed by atoms with Gasteiger partial charge in [-0.3, -0.25) is 14.9 Å². The zero-order valence-electron chi connectivity index (χ0n) is 13.7. The van der Waals surface area contributed by atoms with Crippen LogP contribution >= 0.6 is 0 Å². The van der Waals surface area contributed by atoms with Crippen LogP contribution in [0.2, 0.25) is 0 Å². The Labute approximate surface area is 144 Å². The SMILES string of the molecule is CNc1ccc(C(=O)NCc2ccc(C(=O)OC)cc2)cc1[N+](=O)[O-]. The van der Waals surface area contributed by atoms with E-state index < -0.39 is 16.8 Å². The molecule has 130 valence electrons. The zero-order chi connectivity index (χ0) is 18.4. The van der Waals surface area contributed by atoms with Crippen molar-refractivity contribution in [3.8, 4) is 0 Å². The molecule has 0 aromatic heterocycles. The summed E-state index contributed by atoms with van der Waals surface area (Å²) in [4.78, 5) is 34.0. The van der Waals surface area contributed by atoms with Gasteiger partial charge in [0, 0.05) is 25.2 Å². The zero-order valence-corrected chi connectivity index (χ0v) is 13.7. The number of nitro benzene ring substituents is 1. The summed E-state index contributed by atoms with van der Waals surface area (Å²) in [5.41, 5.74) is 1.55. The van der Waals surface area contributed by atoms with E-state index in [9.17, 15) is 19.7 Å². The van der Waals surface area contributed by atoms with Crippen LogP contribution in [0.1, 0.15) is 26.3 Å². The van der Waals surface area contributed by atoms with Gasteiger partial charge in [0.15, 0.2) is 0 Å². The number of ether oxygens (including phenoxy) is 1. The molecule has 2 rings (SSSR count). The molecule has 8 nitrogen and oxygen atoms in total. The summed E-state index contributed by atoms with van der Waals surface area (Å²) in [6.07, 6.45) is 0. The van der Waals surface area contributed by atoms with Gasteiger partial charge in [-0.1, -0.05) is 12.1 Å². The number of methoxy groups -OCH3 is 1. The average molecular weight is 343 g/mol. The molecule has 0 radical (unpaired) electrons. The molecule has 0 aliphatic heterocycles. The van der Waals surface area contributed by atoms with Crippen LogP contribution in [-0.4, -0.2) is 31.0 Å². The lowest BCUT2D eigenvalue weighted by molar-refractivity contribution is -0.384. The van der Waals surface area contributed by atoms with Crippen molar-refractivity contribution in [2.45, 2.75) is 6.54 Å². The maximum absolute atomic E-state index is 12.2. The third-order valence-electron chi connectivity index (χ3n) is 3.55. The Bertz CT molecular complexity index is 802. The molecular weight excluding hydrogens is 326 g/mol. The molecule has 0 spiro atoms. The van der Waals surface area contributed by atoms with E-state index in [4.69, 9.17) is 0 Å². The van der Waals surface area contributed by atoms with Crippen molar-refractivity contribution in [3.63, 3.8) is 0 Å². The molecule has 0 atom stereocenters. The van der Waals surface area contributed by atoms with Gasteiger partial charge in [0.2, 0.25) is 0 Å². The van der Waals surface area contributed by atoms with E-state index in [1.165, 1.54) is 25.3 Å². The summed E-state index contributed by atoms with van der Waals surface area (Å²) in [5.74, 6) is -0.865. The van der Waals surface area contributed by atoms with E-state index in [0.29, 0.717) is 11.3 Å². The number of rotatable bonds is 6. The second kappa shape index (κ2) is 7.91. The number of hydrogen-bond acceptors (Lipinski definition) is 6. The number of nitro groups is 1. The Balaban J connectivity index is 2.06. The number of benzene rings is 2. The van der Waals surface area contributed by atoms with Crippen molar-refractivity contribution < 1.29 is 19.2 Å². The fraction of sp³-hybridized carbons (Fsp3) is 0.176. The Kier molecular flexibility index (Phi) is 5.67. The molecule has 2 aromatic rings. The monoisotopic (exact) mass is 343 g/mol. The van der Waals surface area contributed by atoms with Gasteiger partial charge in [-0.2, -0.15) is 0 Å². The van der Waals surface area contributed by atoms with E-state index in [0.717, 1.165) is 5.56 Å². The first kappa shape index (κ1) is 17.9. The average Bonchev–Trinajstić information content (AvgIpc) is 2.65. The number of anilines is 1. The number of nitrogens with zero attached hydrogens (tertiary/aromatic N) is 1. The van der Waals surface area contributed by atoms with Gasteiger partial charge >= 0.3 is 5.97 Å². The first-order chi connectivity index (χ1) is 12.0. The summed E-state index contributed by atoms with van der Waals surface area (Å²) in [5, 5.41) is 16.4. The van der Waals surface area contributed by atoms with Gasteiger partial charge in [0.1, 0.15) is 5.69 Å². The minimum atomic E-state index is -0.547. The second-order valence-electron chi connectivity index (χ2n) is 5.11. The lowest BCUT2D eigenvalue weighted by atomic mass is 10.1. The smallest absolute Gasteiger partial charge is 0.337 e. The standard InChI is InChI=1S/C17H17N3O5/c1-18-14-8-7-13(9-15(14)20(23)24)16(21)19-10-11-3-5-12(6-4-11)17(22)25-2/h3-9,18H,10H2,1-2H3,(H,19,21). The van der Waals surface area contributed by atoms with Crippen molar-refractivity contribution in [1.29, 1.82) is 0 Å². The molecule has 0 bridgehead atoms.